The van der Waals surface area contributed by atoms with Crippen molar-refractivity contribution in [3.8, 4) is 0 Å². The smallest absolute Gasteiger partial charge is 0.283 e. The molecule has 198 valence electrons. The quantitative estimate of drug-likeness (QED) is 0.488. The van der Waals surface area contributed by atoms with Crippen LogP contribution in [0.1, 0.15) is 33.7 Å². The number of hydrogen-bond donors (Lipinski definition) is 2. The van der Waals surface area contributed by atoms with Crippen molar-refractivity contribution in [2.45, 2.75) is 49.7 Å². The summed E-state index contributed by atoms with van der Waals surface area (Å²) in [6.07, 6.45) is 0.686. The molecular formula is C24H28ClN5O5S2. The molecule has 0 radical (unpaired) electrons. The molecule has 2 aromatic heterocycles. The van der Waals surface area contributed by atoms with E-state index in [1.54, 1.807) is 29.2 Å². The van der Waals surface area contributed by atoms with Gasteiger partial charge < -0.3 is 24.7 Å². The lowest BCUT2D eigenvalue weighted by Gasteiger charge is -2.40. The van der Waals surface area contributed by atoms with Crippen LogP contribution in [0.25, 0.3) is 10.9 Å². The van der Waals surface area contributed by atoms with E-state index in [4.69, 9.17) is 21.1 Å². The highest BCUT2D eigenvalue weighted by molar-refractivity contribution is 7.89. The second-order valence-electron chi connectivity index (χ2n) is 9.66. The molecule has 3 aliphatic rings. The molecule has 6 rings (SSSR count). The van der Waals surface area contributed by atoms with Crippen molar-refractivity contribution in [1.29, 1.82) is 0 Å². The maximum atomic E-state index is 13.6. The number of nitrogens with zero attached hydrogens (tertiary/aromatic N) is 3. The number of rotatable bonds is 5. The van der Waals surface area contributed by atoms with Gasteiger partial charge in [0, 0.05) is 65.9 Å². The number of benzene rings is 1. The van der Waals surface area contributed by atoms with Crippen LogP contribution in [0.5, 0.6) is 0 Å². The first-order valence-corrected chi connectivity index (χ1v) is 15.0. The molecule has 37 heavy (non-hydrogen) atoms. The zero-order chi connectivity index (χ0) is 25.7. The number of nitrogens with one attached hydrogen (secondary N) is 2. The maximum Gasteiger partial charge on any atom is 0.283 e. The second-order valence-corrected chi connectivity index (χ2v) is 13.1. The minimum atomic E-state index is -3.83. The lowest BCUT2D eigenvalue weighted by Crippen LogP contribution is -2.57. The lowest BCUT2D eigenvalue weighted by molar-refractivity contribution is -0.0648. The number of thiazole rings is 1. The summed E-state index contributed by atoms with van der Waals surface area (Å²) < 4.78 is 40.0. The van der Waals surface area contributed by atoms with Gasteiger partial charge in [-0.25, -0.2) is 13.4 Å². The maximum absolute atomic E-state index is 13.6. The van der Waals surface area contributed by atoms with Crippen molar-refractivity contribution in [2.24, 2.45) is 0 Å². The van der Waals surface area contributed by atoms with Crippen LogP contribution in [0, 0.1) is 0 Å². The summed E-state index contributed by atoms with van der Waals surface area (Å²) in [4.78, 5) is 24.1. The second kappa shape index (κ2) is 9.92. The number of aromatic amines is 1. The molecule has 0 spiro atoms. The van der Waals surface area contributed by atoms with E-state index in [1.807, 2.05) is 0 Å². The van der Waals surface area contributed by atoms with E-state index < -0.39 is 22.4 Å². The molecular weight excluding hydrogens is 538 g/mol. The molecule has 2 saturated heterocycles. The SMILES string of the molecule is CC1Cc2nc(C(=O)N3CCN(S(=O)(=O)c4cc5cc(Cl)ccc5[nH]4)CC3CC3OCCO3)sc2CN1. The van der Waals surface area contributed by atoms with Gasteiger partial charge >= 0.3 is 0 Å². The van der Waals surface area contributed by atoms with Crippen LogP contribution in [-0.4, -0.2) is 84.7 Å². The van der Waals surface area contributed by atoms with E-state index in [9.17, 15) is 13.2 Å². The molecule has 10 nitrogen and oxygen atoms in total. The number of sulfonamides is 1. The molecule has 3 aliphatic heterocycles. The minimum absolute atomic E-state index is 0.103. The lowest BCUT2D eigenvalue weighted by atomic mass is 10.1. The molecule has 3 aromatic rings. The Balaban J connectivity index is 1.26. The van der Waals surface area contributed by atoms with Crippen LogP contribution in [0.15, 0.2) is 29.3 Å². The van der Waals surface area contributed by atoms with E-state index in [0.29, 0.717) is 47.8 Å². The van der Waals surface area contributed by atoms with E-state index in [2.05, 4.69) is 22.2 Å². The summed E-state index contributed by atoms with van der Waals surface area (Å²) in [5.74, 6) is -0.174. The third-order valence-electron chi connectivity index (χ3n) is 7.11. The third kappa shape index (κ3) is 4.91. The Bertz CT molecular complexity index is 1430. The van der Waals surface area contributed by atoms with Crippen molar-refractivity contribution in [3.63, 3.8) is 0 Å². The van der Waals surface area contributed by atoms with E-state index >= 15 is 0 Å². The molecule has 5 heterocycles. The molecule has 0 bridgehead atoms. The van der Waals surface area contributed by atoms with Crippen molar-refractivity contribution >= 4 is 49.8 Å². The average molecular weight is 566 g/mol. The van der Waals surface area contributed by atoms with Crippen molar-refractivity contribution in [2.75, 3.05) is 32.8 Å². The predicted octanol–water partition coefficient (Wildman–Crippen LogP) is 2.59. The number of H-pyrrole nitrogens is 1. The molecule has 2 unspecified atom stereocenters. The van der Waals surface area contributed by atoms with E-state index in [0.717, 1.165) is 22.4 Å². The summed E-state index contributed by atoms with van der Waals surface area (Å²) in [5, 5.41) is 5.21. The summed E-state index contributed by atoms with van der Waals surface area (Å²) in [5.41, 5.74) is 1.66. The molecule has 0 saturated carbocycles. The number of ether oxygens (including phenoxy) is 2. The first-order valence-electron chi connectivity index (χ1n) is 12.3. The van der Waals surface area contributed by atoms with Crippen molar-refractivity contribution in [1.82, 2.24) is 24.5 Å². The summed E-state index contributed by atoms with van der Waals surface area (Å²) >= 11 is 7.50. The van der Waals surface area contributed by atoms with Gasteiger partial charge in [0.2, 0.25) is 0 Å². The molecule has 2 N–H and O–H groups in total. The Morgan fingerprint density at radius 3 is 2.86 bits per heavy atom. The predicted molar refractivity (Wildman–Crippen MR) is 139 cm³/mol. The van der Waals surface area contributed by atoms with Crippen LogP contribution in [0.3, 0.4) is 0 Å². The summed E-state index contributed by atoms with van der Waals surface area (Å²) in [6, 6.07) is 6.69. The number of fused-ring (bicyclic) bond motifs is 2. The van der Waals surface area contributed by atoms with E-state index in [1.165, 1.54) is 15.6 Å². The first-order chi connectivity index (χ1) is 17.8. The average Bonchev–Trinajstić information content (AvgIpc) is 3.63. The number of hydrogen-bond acceptors (Lipinski definition) is 8. The summed E-state index contributed by atoms with van der Waals surface area (Å²) in [6.45, 7) is 4.33. The fourth-order valence-electron chi connectivity index (χ4n) is 5.16. The Kier molecular flexibility index (Phi) is 6.76. The van der Waals surface area contributed by atoms with Gasteiger partial charge in [-0.05, 0) is 31.2 Å². The van der Waals surface area contributed by atoms with Crippen molar-refractivity contribution < 1.29 is 22.7 Å². The van der Waals surface area contributed by atoms with Crippen LogP contribution in [-0.2, 0) is 32.5 Å². The van der Waals surface area contributed by atoms with Gasteiger partial charge in [0.05, 0.1) is 24.9 Å². The zero-order valence-corrected chi connectivity index (χ0v) is 22.7. The van der Waals surface area contributed by atoms with Crippen LogP contribution < -0.4 is 5.32 Å². The third-order valence-corrected chi connectivity index (χ3v) is 10.2. The fourth-order valence-corrected chi connectivity index (χ4v) is 7.82. The zero-order valence-electron chi connectivity index (χ0n) is 20.3. The van der Waals surface area contributed by atoms with Gasteiger partial charge in [-0.3, -0.25) is 4.79 Å². The topological polar surface area (TPSA) is 117 Å². The number of halogens is 1. The molecule has 1 aromatic carbocycles. The summed E-state index contributed by atoms with van der Waals surface area (Å²) in [7, 11) is -3.83. The molecule has 2 fully saturated rings. The number of carbonyl (C=O) groups excluding carboxylic acids is 1. The molecule has 1 amide bonds. The van der Waals surface area contributed by atoms with Gasteiger partial charge in [0.15, 0.2) is 11.3 Å². The Morgan fingerprint density at radius 2 is 2.05 bits per heavy atom. The van der Waals surface area contributed by atoms with Gasteiger partial charge in [0.1, 0.15) is 5.03 Å². The first kappa shape index (κ1) is 25.2. The van der Waals surface area contributed by atoms with E-state index in [-0.39, 0.29) is 30.6 Å². The number of amides is 1. The number of piperazine rings is 1. The molecule has 13 heteroatoms. The standard InChI is InChI=1S/C24H28ClN5O5S2/c1-14-8-19-20(12-26-14)36-23(28-19)24(31)30-5-4-29(13-17(30)11-22-34-6-7-35-22)37(32,33)21-10-15-9-16(25)2-3-18(15)27-21/h2-3,9-10,14,17,22,26-27H,4-8,11-13H2,1H3. The van der Waals surface area contributed by atoms with Gasteiger partial charge in [0.25, 0.3) is 15.9 Å². The fraction of sp³-hybridized carbons (Fsp3) is 0.500. The normalized spacial score (nSPS) is 23.6. The molecule has 2 atom stereocenters. The molecule has 0 aliphatic carbocycles. The van der Waals surface area contributed by atoms with Gasteiger partial charge in [-0.1, -0.05) is 11.6 Å². The Morgan fingerprint density at radius 1 is 1.24 bits per heavy atom. The highest BCUT2D eigenvalue weighted by atomic mass is 35.5. The number of aromatic nitrogens is 2. The van der Waals surface area contributed by atoms with Gasteiger partial charge in [-0.15, -0.1) is 11.3 Å². The Labute approximate surface area is 223 Å². The number of carbonyl (C=O) groups is 1. The van der Waals surface area contributed by atoms with Crippen LogP contribution in [0.2, 0.25) is 5.02 Å². The van der Waals surface area contributed by atoms with Crippen molar-refractivity contribution in [3.05, 3.63) is 44.9 Å². The Hall–Kier alpha value is -2.06. The minimum Gasteiger partial charge on any atom is -0.350 e. The highest BCUT2D eigenvalue weighted by Crippen LogP contribution is 2.30. The van der Waals surface area contributed by atoms with Crippen LogP contribution >= 0.6 is 22.9 Å². The monoisotopic (exact) mass is 565 g/mol. The van der Waals surface area contributed by atoms with Crippen LogP contribution in [0.4, 0.5) is 0 Å². The highest BCUT2D eigenvalue weighted by Gasteiger charge is 2.40. The largest absolute Gasteiger partial charge is 0.350 e. The van der Waals surface area contributed by atoms with Gasteiger partial charge in [-0.2, -0.15) is 4.31 Å².